The van der Waals surface area contributed by atoms with Crippen LogP contribution < -0.4 is 5.73 Å². The van der Waals surface area contributed by atoms with Crippen molar-refractivity contribution >= 4 is 0 Å². The van der Waals surface area contributed by atoms with E-state index in [9.17, 15) is 4.39 Å². The van der Waals surface area contributed by atoms with Crippen LogP contribution in [0.1, 0.15) is 44.6 Å². The zero-order valence-corrected chi connectivity index (χ0v) is 13.4. The average Bonchev–Trinajstić information content (AvgIpc) is 2.45. The molecule has 0 aliphatic heterocycles. The molecule has 1 aliphatic rings. The Labute approximate surface area is 128 Å². The smallest absolute Gasteiger partial charge is 0.123 e. The average molecular weight is 292 g/mol. The van der Waals surface area contributed by atoms with Crippen molar-refractivity contribution in [3.05, 3.63) is 35.6 Å². The summed E-state index contributed by atoms with van der Waals surface area (Å²) in [5.74, 6) is 1.29. The third kappa shape index (κ3) is 5.08. The summed E-state index contributed by atoms with van der Waals surface area (Å²) >= 11 is 0. The highest BCUT2D eigenvalue weighted by molar-refractivity contribution is 5.15. The quantitative estimate of drug-likeness (QED) is 0.864. The first kappa shape index (κ1) is 16.4. The van der Waals surface area contributed by atoms with E-state index in [0.29, 0.717) is 12.0 Å². The van der Waals surface area contributed by atoms with Gasteiger partial charge in [0.25, 0.3) is 0 Å². The fourth-order valence-electron chi connectivity index (χ4n) is 3.63. The Hall–Kier alpha value is -0.930. The molecule has 1 aliphatic carbocycles. The van der Waals surface area contributed by atoms with Crippen LogP contribution >= 0.6 is 0 Å². The van der Waals surface area contributed by atoms with E-state index in [-0.39, 0.29) is 5.82 Å². The van der Waals surface area contributed by atoms with Gasteiger partial charge in [0.05, 0.1) is 0 Å². The van der Waals surface area contributed by atoms with Crippen LogP contribution in [-0.4, -0.2) is 24.5 Å². The molecule has 2 rings (SSSR count). The molecule has 3 atom stereocenters. The molecule has 1 aromatic carbocycles. The maximum Gasteiger partial charge on any atom is 0.123 e. The van der Waals surface area contributed by atoms with E-state index in [4.69, 9.17) is 5.73 Å². The van der Waals surface area contributed by atoms with E-state index in [1.807, 2.05) is 12.1 Å². The van der Waals surface area contributed by atoms with Gasteiger partial charge in [0.1, 0.15) is 5.82 Å². The van der Waals surface area contributed by atoms with Crippen molar-refractivity contribution in [1.82, 2.24) is 4.90 Å². The summed E-state index contributed by atoms with van der Waals surface area (Å²) in [7, 11) is 2.14. The third-order valence-corrected chi connectivity index (χ3v) is 4.76. The van der Waals surface area contributed by atoms with Crippen molar-refractivity contribution in [2.45, 2.75) is 51.6 Å². The van der Waals surface area contributed by atoms with Crippen LogP contribution in [-0.2, 0) is 6.54 Å². The van der Waals surface area contributed by atoms with Crippen LogP contribution in [0.2, 0.25) is 0 Å². The van der Waals surface area contributed by atoms with E-state index in [2.05, 4.69) is 18.9 Å². The highest BCUT2D eigenvalue weighted by Crippen LogP contribution is 2.31. The standard InChI is InChI=1S/C18H29FN2/c1-3-4-14-7-10-18(20)16(11-14)13-21(2)12-15-5-8-17(19)9-6-15/h5-6,8-9,14,16,18H,3-4,7,10-13,20H2,1-2H3. The largest absolute Gasteiger partial charge is 0.327 e. The van der Waals surface area contributed by atoms with Crippen LogP contribution in [0.5, 0.6) is 0 Å². The molecule has 0 bridgehead atoms. The molecule has 0 radical (unpaired) electrons. The fraction of sp³-hybridized carbons (Fsp3) is 0.667. The van der Waals surface area contributed by atoms with E-state index >= 15 is 0 Å². The first-order valence-corrected chi connectivity index (χ1v) is 8.27. The highest BCUT2D eigenvalue weighted by atomic mass is 19.1. The van der Waals surface area contributed by atoms with Gasteiger partial charge in [0.15, 0.2) is 0 Å². The summed E-state index contributed by atoms with van der Waals surface area (Å²) in [6, 6.07) is 7.15. The summed E-state index contributed by atoms with van der Waals surface area (Å²) in [6.07, 6.45) is 6.35. The summed E-state index contributed by atoms with van der Waals surface area (Å²) in [5, 5.41) is 0. The summed E-state index contributed by atoms with van der Waals surface area (Å²) in [6.45, 7) is 4.17. The van der Waals surface area contributed by atoms with Crippen molar-refractivity contribution in [3.63, 3.8) is 0 Å². The van der Waals surface area contributed by atoms with Gasteiger partial charge in [-0.25, -0.2) is 4.39 Å². The molecular weight excluding hydrogens is 263 g/mol. The number of nitrogens with zero attached hydrogens (tertiary/aromatic N) is 1. The van der Waals surface area contributed by atoms with Gasteiger partial charge in [-0.1, -0.05) is 31.9 Å². The number of halogens is 1. The lowest BCUT2D eigenvalue weighted by molar-refractivity contribution is 0.165. The minimum Gasteiger partial charge on any atom is -0.327 e. The minimum atomic E-state index is -0.168. The number of nitrogens with two attached hydrogens (primary N) is 1. The van der Waals surface area contributed by atoms with Gasteiger partial charge in [-0.2, -0.15) is 0 Å². The van der Waals surface area contributed by atoms with Gasteiger partial charge in [0.2, 0.25) is 0 Å². The van der Waals surface area contributed by atoms with E-state index in [1.165, 1.54) is 44.2 Å². The van der Waals surface area contributed by atoms with E-state index in [0.717, 1.165) is 24.6 Å². The minimum absolute atomic E-state index is 0.168. The first-order valence-electron chi connectivity index (χ1n) is 8.27. The predicted octanol–water partition coefficient (Wildman–Crippen LogP) is 3.80. The topological polar surface area (TPSA) is 29.3 Å². The molecule has 2 N–H and O–H groups in total. The van der Waals surface area contributed by atoms with Crippen molar-refractivity contribution in [2.75, 3.05) is 13.6 Å². The van der Waals surface area contributed by atoms with Crippen molar-refractivity contribution in [2.24, 2.45) is 17.6 Å². The Balaban J connectivity index is 1.85. The Morgan fingerprint density at radius 1 is 1.24 bits per heavy atom. The lowest BCUT2D eigenvalue weighted by Crippen LogP contribution is -2.42. The molecule has 3 unspecified atom stereocenters. The fourth-order valence-corrected chi connectivity index (χ4v) is 3.63. The molecule has 3 heteroatoms. The zero-order chi connectivity index (χ0) is 15.2. The number of benzene rings is 1. The predicted molar refractivity (Wildman–Crippen MR) is 86.4 cm³/mol. The van der Waals surface area contributed by atoms with Crippen LogP contribution in [0.4, 0.5) is 4.39 Å². The number of hydrogen-bond acceptors (Lipinski definition) is 2. The monoisotopic (exact) mass is 292 g/mol. The van der Waals surface area contributed by atoms with E-state index < -0.39 is 0 Å². The Kier molecular flexibility index (Phi) is 6.19. The Morgan fingerprint density at radius 2 is 1.95 bits per heavy atom. The summed E-state index contributed by atoms with van der Waals surface area (Å²) < 4.78 is 12.9. The molecule has 0 aromatic heterocycles. The number of hydrogen-bond donors (Lipinski definition) is 1. The molecule has 118 valence electrons. The van der Waals surface area contributed by atoms with Gasteiger partial charge in [-0.3, -0.25) is 0 Å². The van der Waals surface area contributed by atoms with Crippen molar-refractivity contribution < 1.29 is 4.39 Å². The molecule has 21 heavy (non-hydrogen) atoms. The molecule has 0 heterocycles. The first-order chi connectivity index (χ1) is 10.1. The van der Waals surface area contributed by atoms with Crippen molar-refractivity contribution in [3.8, 4) is 0 Å². The Morgan fingerprint density at radius 3 is 2.62 bits per heavy atom. The van der Waals surface area contributed by atoms with E-state index in [1.54, 1.807) is 0 Å². The van der Waals surface area contributed by atoms with Gasteiger partial charge in [0, 0.05) is 19.1 Å². The van der Waals surface area contributed by atoms with Crippen LogP contribution in [0.3, 0.4) is 0 Å². The lowest BCUT2D eigenvalue weighted by atomic mass is 9.76. The van der Waals surface area contributed by atoms with Crippen LogP contribution in [0, 0.1) is 17.7 Å². The van der Waals surface area contributed by atoms with Crippen molar-refractivity contribution in [1.29, 1.82) is 0 Å². The Bertz CT molecular complexity index is 418. The molecule has 1 saturated carbocycles. The second kappa shape index (κ2) is 7.90. The van der Waals surface area contributed by atoms with Crippen LogP contribution in [0.15, 0.2) is 24.3 Å². The maximum atomic E-state index is 12.9. The second-order valence-electron chi connectivity index (χ2n) is 6.71. The normalized spacial score (nSPS) is 26.2. The second-order valence-corrected chi connectivity index (χ2v) is 6.71. The molecule has 1 fully saturated rings. The maximum absolute atomic E-state index is 12.9. The van der Waals surface area contributed by atoms with Crippen LogP contribution in [0.25, 0.3) is 0 Å². The molecule has 1 aromatic rings. The summed E-state index contributed by atoms with van der Waals surface area (Å²) in [5.41, 5.74) is 7.48. The third-order valence-electron chi connectivity index (χ3n) is 4.76. The molecule has 0 saturated heterocycles. The SMILES string of the molecule is CCCC1CCC(N)C(CN(C)Cc2ccc(F)cc2)C1. The van der Waals surface area contributed by atoms with Gasteiger partial charge in [-0.05, 0) is 55.8 Å². The van der Waals surface area contributed by atoms with Gasteiger partial charge >= 0.3 is 0 Å². The van der Waals surface area contributed by atoms with Gasteiger partial charge < -0.3 is 10.6 Å². The highest BCUT2D eigenvalue weighted by Gasteiger charge is 2.28. The molecule has 0 amide bonds. The summed E-state index contributed by atoms with van der Waals surface area (Å²) in [4.78, 5) is 2.33. The molecule has 2 nitrogen and oxygen atoms in total. The molecule has 0 spiro atoms. The molecular formula is C18H29FN2. The van der Waals surface area contributed by atoms with Gasteiger partial charge in [-0.15, -0.1) is 0 Å². The zero-order valence-electron chi connectivity index (χ0n) is 13.4. The number of rotatable bonds is 6. The lowest BCUT2D eigenvalue weighted by Gasteiger charge is -2.36.